The monoisotopic (exact) mass is 531 g/mol. The third kappa shape index (κ3) is 9.39. The molecule has 204 valence electrons. The van der Waals surface area contributed by atoms with Crippen LogP contribution in [0.25, 0.3) is 0 Å². The average molecular weight is 532 g/mol. The van der Waals surface area contributed by atoms with Crippen LogP contribution in [0.2, 0.25) is 0 Å². The van der Waals surface area contributed by atoms with Gasteiger partial charge < -0.3 is 15.0 Å². The van der Waals surface area contributed by atoms with Crippen molar-refractivity contribution in [1.82, 2.24) is 10.2 Å². The number of ether oxygens (including phenoxy) is 1. The van der Waals surface area contributed by atoms with Crippen molar-refractivity contribution in [1.29, 1.82) is 0 Å². The molecule has 0 radical (unpaired) electrons. The number of benzene rings is 2. The van der Waals surface area contributed by atoms with Gasteiger partial charge in [-0.1, -0.05) is 42.8 Å². The Morgan fingerprint density at radius 2 is 1.73 bits per heavy atom. The highest BCUT2D eigenvalue weighted by Crippen LogP contribution is 2.24. The van der Waals surface area contributed by atoms with Crippen LogP contribution in [0.5, 0.6) is 5.75 Å². The van der Waals surface area contributed by atoms with E-state index in [1.807, 2.05) is 58.9 Å². The summed E-state index contributed by atoms with van der Waals surface area (Å²) in [6.07, 6.45) is 1.99. The summed E-state index contributed by atoms with van der Waals surface area (Å²) in [6, 6.07) is 14.0. The predicted octanol–water partition coefficient (Wildman–Crippen LogP) is 4.27. The SMILES string of the molecule is CC[C@H](C(=O)NC(C)(C)C)N(Cc1ccc(C)cc1)C(=O)CCCN(c1cccc(OC)c1)S(C)(=O)=O. The summed E-state index contributed by atoms with van der Waals surface area (Å²) >= 11 is 0. The number of hydrogen-bond donors (Lipinski definition) is 1. The molecule has 2 aromatic carbocycles. The van der Waals surface area contributed by atoms with E-state index < -0.39 is 21.6 Å². The summed E-state index contributed by atoms with van der Waals surface area (Å²) in [6.45, 7) is 10.0. The van der Waals surface area contributed by atoms with Gasteiger partial charge in [-0.05, 0) is 58.2 Å². The second-order valence-electron chi connectivity index (χ2n) is 10.3. The second-order valence-corrected chi connectivity index (χ2v) is 12.2. The number of aryl methyl sites for hydroxylation is 1. The lowest BCUT2D eigenvalue weighted by molar-refractivity contribution is -0.142. The molecule has 2 aromatic rings. The third-order valence-corrected chi connectivity index (χ3v) is 7.05. The zero-order chi connectivity index (χ0) is 27.8. The van der Waals surface area contributed by atoms with Gasteiger partial charge in [0.1, 0.15) is 11.8 Å². The van der Waals surface area contributed by atoms with E-state index in [1.165, 1.54) is 11.4 Å². The molecule has 0 aliphatic rings. The Labute approximate surface area is 222 Å². The van der Waals surface area contributed by atoms with Crippen LogP contribution >= 0.6 is 0 Å². The van der Waals surface area contributed by atoms with Crippen molar-refractivity contribution in [3.8, 4) is 5.75 Å². The van der Waals surface area contributed by atoms with Gasteiger partial charge in [-0.15, -0.1) is 0 Å². The van der Waals surface area contributed by atoms with E-state index >= 15 is 0 Å². The number of amides is 2. The highest BCUT2D eigenvalue weighted by molar-refractivity contribution is 7.92. The largest absolute Gasteiger partial charge is 0.497 e. The lowest BCUT2D eigenvalue weighted by Gasteiger charge is -2.33. The molecule has 2 rings (SSSR count). The van der Waals surface area contributed by atoms with E-state index in [1.54, 1.807) is 29.2 Å². The van der Waals surface area contributed by atoms with Gasteiger partial charge in [0.15, 0.2) is 0 Å². The van der Waals surface area contributed by atoms with E-state index in [0.717, 1.165) is 17.4 Å². The number of anilines is 1. The molecule has 0 spiro atoms. The Balaban J connectivity index is 2.24. The predicted molar refractivity (Wildman–Crippen MR) is 148 cm³/mol. The minimum absolute atomic E-state index is 0.0984. The number of nitrogens with one attached hydrogen (secondary N) is 1. The van der Waals surface area contributed by atoms with Gasteiger partial charge in [0, 0.05) is 31.1 Å². The molecule has 0 aliphatic carbocycles. The summed E-state index contributed by atoms with van der Waals surface area (Å²) < 4.78 is 31.6. The van der Waals surface area contributed by atoms with Gasteiger partial charge in [0.2, 0.25) is 21.8 Å². The molecular formula is C28H41N3O5S. The minimum Gasteiger partial charge on any atom is -0.497 e. The van der Waals surface area contributed by atoms with Crippen LogP contribution in [0, 0.1) is 6.92 Å². The number of nitrogens with zero attached hydrogens (tertiary/aromatic N) is 2. The maximum absolute atomic E-state index is 13.5. The number of carbonyl (C=O) groups excluding carboxylic acids is 2. The molecule has 8 nitrogen and oxygen atoms in total. The average Bonchev–Trinajstić information content (AvgIpc) is 2.81. The molecular weight excluding hydrogens is 490 g/mol. The fourth-order valence-corrected chi connectivity index (χ4v) is 4.99. The first-order valence-electron chi connectivity index (χ1n) is 12.5. The number of rotatable bonds is 12. The van der Waals surface area contributed by atoms with Crippen LogP contribution in [-0.4, -0.2) is 56.6 Å². The standard InChI is InChI=1S/C28H41N3O5S/c1-8-25(27(33)29-28(3,4)5)30(20-22-16-14-21(2)15-17-22)26(32)13-10-18-31(37(7,34)35)23-11-9-12-24(19-23)36-6/h9,11-12,14-17,19,25H,8,10,13,18,20H2,1-7H3,(H,29,33)/t25-/m1/s1. The highest BCUT2D eigenvalue weighted by atomic mass is 32.2. The molecule has 0 unspecified atom stereocenters. The van der Waals surface area contributed by atoms with Crippen molar-refractivity contribution in [2.24, 2.45) is 0 Å². The quantitative estimate of drug-likeness (QED) is 0.441. The molecule has 9 heteroatoms. The van der Waals surface area contributed by atoms with E-state index in [0.29, 0.717) is 30.8 Å². The molecule has 0 aromatic heterocycles. The number of hydrogen-bond acceptors (Lipinski definition) is 5. The zero-order valence-electron chi connectivity index (χ0n) is 23.1. The lowest BCUT2D eigenvalue weighted by Crippen LogP contribution is -2.53. The minimum atomic E-state index is -3.58. The van der Waals surface area contributed by atoms with Crippen molar-refractivity contribution in [3.05, 3.63) is 59.7 Å². The maximum atomic E-state index is 13.5. The Morgan fingerprint density at radius 1 is 1.08 bits per heavy atom. The fourth-order valence-electron chi connectivity index (χ4n) is 4.03. The van der Waals surface area contributed by atoms with Gasteiger partial charge in [-0.25, -0.2) is 8.42 Å². The highest BCUT2D eigenvalue weighted by Gasteiger charge is 2.30. The Morgan fingerprint density at radius 3 is 2.27 bits per heavy atom. The van der Waals surface area contributed by atoms with Crippen molar-refractivity contribution < 1.29 is 22.7 Å². The molecule has 0 aliphatic heterocycles. The summed E-state index contributed by atoms with van der Waals surface area (Å²) in [4.78, 5) is 28.3. The van der Waals surface area contributed by atoms with E-state index in [-0.39, 0.29) is 24.8 Å². The molecule has 37 heavy (non-hydrogen) atoms. The van der Waals surface area contributed by atoms with Gasteiger partial charge in [0.05, 0.1) is 19.1 Å². The normalized spacial score (nSPS) is 12.5. The molecule has 0 bridgehead atoms. The molecule has 0 saturated heterocycles. The van der Waals surface area contributed by atoms with Crippen LogP contribution in [0.3, 0.4) is 0 Å². The van der Waals surface area contributed by atoms with E-state index in [4.69, 9.17) is 4.74 Å². The first kappa shape index (κ1) is 30.2. The van der Waals surface area contributed by atoms with E-state index in [2.05, 4.69) is 5.32 Å². The number of sulfonamides is 1. The number of carbonyl (C=O) groups is 2. The van der Waals surface area contributed by atoms with Crippen molar-refractivity contribution in [2.45, 2.75) is 72.0 Å². The molecule has 1 atom stereocenters. The zero-order valence-corrected chi connectivity index (χ0v) is 23.9. The van der Waals surface area contributed by atoms with E-state index in [9.17, 15) is 18.0 Å². The first-order chi connectivity index (χ1) is 17.2. The topological polar surface area (TPSA) is 96.0 Å². The van der Waals surface area contributed by atoms with Gasteiger partial charge in [0.25, 0.3) is 0 Å². The van der Waals surface area contributed by atoms with Gasteiger partial charge in [-0.3, -0.25) is 13.9 Å². The molecule has 2 amide bonds. The smallest absolute Gasteiger partial charge is 0.243 e. The Bertz CT molecular complexity index is 1160. The van der Waals surface area contributed by atoms with Crippen molar-refractivity contribution in [3.63, 3.8) is 0 Å². The van der Waals surface area contributed by atoms with Gasteiger partial charge in [-0.2, -0.15) is 0 Å². The summed E-state index contributed by atoms with van der Waals surface area (Å²) in [7, 11) is -2.06. The van der Waals surface area contributed by atoms with Crippen LogP contribution in [0.15, 0.2) is 48.5 Å². The Hall–Kier alpha value is -3.07. The second kappa shape index (κ2) is 12.9. The van der Waals surface area contributed by atoms with Crippen molar-refractivity contribution >= 4 is 27.5 Å². The third-order valence-electron chi connectivity index (χ3n) is 5.85. The summed E-state index contributed by atoms with van der Waals surface area (Å²) in [5, 5.41) is 2.99. The Kier molecular flexibility index (Phi) is 10.5. The van der Waals surface area contributed by atoms with Crippen LogP contribution in [0.4, 0.5) is 5.69 Å². The molecule has 1 N–H and O–H groups in total. The first-order valence-corrected chi connectivity index (χ1v) is 14.4. The van der Waals surface area contributed by atoms with Crippen LogP contribution < -0.4 is 14.4 Å². The molecule has 0 saturated carbocycles. The fraction of sp³-hybridized carbons (Fsp3) is 0.500. The molecule has 0 fully saturated rings. The summed E-state index contributed by atoms with van der Waals surface area (Å²) in [5.41, 5.74) is 2.07. The van der Waals surface area contributed by atoms with Gasteiger partial charge >= 0.3 is 0 Å². The molecule has 0 heterocycles. The maximum Gasteiger partial charge on any atom is 0.243 e. The number of methoxy groups -OCH3 is 1. The van der Waals surface area contributed by atoms with Crippen molar-refractivity contribution in [2.75, 3.05) is 24.2 Å². The van der Waals surface area contributed by atoms with Crippen LogP contribution in [-0.2, 0) is 26.2 Å². The lowest BCUT2D eigenvalue weighted by atomic mass is 10.0. The summed E-state index contributed by atoms with van der Waals surface area (Å²) in [5.74, 6) is 0.141. The van der Waals surface area contributed by atoms with Crippen LogP contribution in [0.1, 0.15) is 58.1 Å².